The summed E-state index contributed by atoms with van der Waals surface area (Å²) in [5, 5.41) is 11.0. The fourth-order valence-corrected chi connectivity index (χ4v) is 2.98. The van der Waals surface area contributed by atoms with Crippen LogP contribution >= 0.6 is 11.6 Å². The first-order chi connectivity index (χ1) is 12.1. The molecule has 0 bridgehead atoms. The number of nitrogens with one attached hydrogen (secondary N) is 3. The molecule has 3 heterocycles. The summed E-state index contributed by atoms with van der Waals surface area (Å²) in [5.74, 6) is -1.57. The molecular weight excluding hydrogens is 345 g/mol. The van der Waals surface area contributed by atoms with E-state index < -0.39 is 11.7 Å². The normalized spacial score (nSPS) is 13.8. The molecule has 0 radical (unpaired) electrons. The summed E-state index contributed by atoms with van der Waals surface area (Å²) >= 11 is 5.74. The van der Waals surface area contributed by atoms with E-state index in [1.807, 2.05) is 0 Å². The van der Waals surface area contributed by atoms with Crippen LogP contribution in [0.2, 0.25) is 5.15 Å². The van der Waals surface area contributed by atoms with Crippen LogP contribution < -0.4 is 5.32 Å². The highest BCUT2D eigenvalue weighted by atomic mass is 35.5. The van der Waals surface area contributed by atoms with Gasteiger partial charge in [-0.05, 0) is 36.5 Å². The highest BCUT2D eigenvalue weighted by Crippen LogP contribution is 2.42. The second-order valence-corrected chi connectivity index (χ2v) is 6.25. The van der Waals surface area contributed by atoms with Crippen LogP contribution in [-0.2, 0) is 0 Å². The number of hydrogen-bond acceptors (Lipinski definition) is 4. The Labute approximate surface area is 147 Å². The lowest BCUT2D eigenvalue weighted by Crippen LogP contribution is -2.32. The van der Waals surface area contributed by atoms with E-state index in [-0.39, 0.29) is 22.5 Å². The number of carbonyl (C=O) groups is 1. The maximum atomic E-state index is 14.4. The van der Waals surface area contributed by atoms with Crippen molar-refractivity contribution in [3.8, 4) is 0 Å². The van der Waals surface area contributed by atoms with E-state index in [4.69, 9.17) is 17.0 Å². The van der Waals surface area contributed by atoms with Crippen molar-refractivity contribution < 1.29 is 9.18 Å². The Kier molecular flexibility index (Phi) is 3.73. The smallest absolute Gasteiger partial charge is 0.260 e. The van der Waals surface area contributed by atoms with Gasteiger partial charge in [0.15, 0.2) is 11.0 Å². The van der Waals surface area contributed by atoms with E-state index in [0.717, 1.165) is 12.8 Å². The Bertz CT molecular complexity index is 1010. The molecule has 0 unspecified atom stereocenters. The Morgan fingerprint density at radius 2 is 2.16 bits per heavy atom. The highest BCUT2D eigenvalue weighted by molar-refractivity contribution is 6.30. The van der Waals surface area contributed by atoms with E-state index in [2.05, 4.69) is 20.3 Å². The van der Waals surface area contributed by atoms with Crippen LogP contribution in [0.25, 0.3) is 11.0 Å². The molecule has 0 aliphatic heterocycles. The fraction of sp³-hybridized carbons (Fsp3) is 0.176. The van der Waals surface area contributed by atoms with Crippen LogP contribution in [0.4, 0.5) is 4.39 Å². The number of nitrogens with zero attached hydrogens (tertiary/aromatic N) is 2. The first-order valence-corrected chi connectivity index (χ1v) is 8.10. The molecule has 0 atom stereocenters. The summed E-state index contributed by atoms with van der Waals surface area (Å²) < 4.78 is 14.4. The van der Waals surface area contributed by atoms with Gasteiger partial charge in [0.2, 0.25) is 0 Å². The lowest BCUT2D eigenvalue weighted by molar-refractivity contribution is 0.0972. The average Bonchev–Trinajstić information content (AvgIpc) is 3.32. The molecule has 1 amide bonds. The zero-order valence-electron chi connectivity index (χ0n) is 12.9. The molecule has 3 aromatic rings. The minimum atomic E-state index is -0.849. The zero-order valence-corrected chi connectivity index (χ0v) is 13.7. The van der Waals surface area contributed by atoms with Gasteiger partial charge in [0.1, 0.15) is 11.5 Å². The number of fused-ring (bicyclic) bond motifs is 1. The van der Waals surface area contributed by atoms with Crippen LogP contribution in [-0.4, -0.2) is 26.7 Å². The molecule has 0 aromatic carbocycles. The molecule has 1 saturated carbocycles. The number of halogens is 2. The van der Waals surface area contributed by atoms with Gasteiger partial charge in [0, 0.05) is 29.5 Å². The van der Waals surface area contributed by atoms with Gasteiger partial charge < -0.3 is 10.3 Å². The van der Waals surface area contributed by atoms with E-state index >= 15 is 0 Å². The Morgan fingerprint density at radius 1 is 1.36 bits per heavy atom. The fourth-order valence-electron chi connectivity index (χ4n) is 2.83. The van der Waals surface area contributed by atoms with Crippen LogP contribution in [0.5, 0.6) is 0 Å². The van der Waals surface area contributed by atoms with E-state index in [1.54, 1.807) is 18.3 Å². The van der Waals surface area contributed by atoms with Gasteiger partial charge in [-0.1, -0.05) is 11.6 Å². The third kappa shape index (κ3) is 2.76. The Balaban J connectivity index is 1.68. The number of amidine groups is 1. The number of rotatable bonds is 3. The van der Waals surface area contributed by atoms with Gasteiger partial charge in [0.05, 0.1) is 5.56 Å². The molecule has 4 rings (SSSR count). The largest absolute Gasteiger partial charge is 0.346 e. The van der Waals surface area contributed by atoms with Crippen molar-refractivity contribution in [2.75, 3.05) is 0 Å². The molecular formula is C17H13ClFN5O. The maximum Gasteiger partial charge on any atom is 0.260 e. The zero-order chi connectivity index (χ0) is 17.6. The average molecular weight is 358 g/mol. The minimum Gasteiger partial charge on any atom is -0.346 e. The number of H-pyrrole nitrogens is 1. The van der Waals surface area contributed by atoms with Crippen LogP contribution in [0.15, 0.2) is 30.7 Å². The summed E-state index contributed by atoms with van der Waals surface area (Å²) in [6.45, 7) is 0. The summed E-state index contributed by atoms with van der Waals surface area (Å²) in [5.41, 5.74) is 1.50. The van der Waals surface area contributed by atoms with Crippen LogP contribution in [0, 0.1) is 11.2 Å². The van der Waals surface area contributed by atoms with Crippen molar-refractivity contribution >= 4 is 34.4 Å². The van der Waals surface area contributed by atoms with Gasteiger partial charge in [0.25, 0.3) is 5.91 Å². The van der Waals surface area contributed by atoms with Crippen molar-refractivity contribution in [2.45, 2.75) is 18.8 Å². The lowest BCUT2D eigenvalue weighted by atomic mass is 10.0. The predicted octanol–water partition coefficient (Wildman–Crippen LogP) is 3.38. The number of aromatic nitrogens is 3. The topological polar surface area (TPSA) is 94.5 Å². The second-order valence-electron chi connectivity index (χ2n) is 5.90. The molecule has 1 fully saturated rings. The molecule has 0 saturated heterocycles. The third-order valence-corrected chi connectivity index (χ3v) is 4.48. The Morgan fingerprint density at radius 3 is 2.92 bits per heavy atom. The summed E-state index contributed by atoms with van der Waals surface area (Å²) in [4.78, 5) is 23.5. The summed E-state index contributed by atoms with van der Waals surface area (Å²) in [7, 11) is 0. The second kappa shape index (κ2) is 5.93. The number of hydrogen-bond donors (Lipinski definition) is 3. The van der Waals surface area contributed by atoms with E-state index in [1.165, 1.54) is 12.4 Å². The standard InChI is InChI=1S/C17H13ClFN5O/c18-14-13(19)12(11(7-23-14)8-1-2-8)17(25)24-15(20)9-3-5-21-16-10(9)4-6-22-16/h3-8H,1-2H2,(H,21,22)(H2,20,24,25). The van der Waals surface area contributed by atoms with Gasteiger partial charge in [-0.25, -0.2) is 14.4 Å². The first kappa shape index (κ1) is 15.7. The quantitative estimate of drug-likeness (QED) is 0.381. The number of carbonyl (C=O) groups excluding carboxylic acids is 1. The molecule has 3 aromatic heterocycles. The third-order valence-electron chi connectivity index (χ3n) is 4.22. The minimum absolute atomic E-state index is 0.117. The van der Waals surface area contributed by atoms with Crippen molar-refractivity contribution in [1.29, 1.82) is 5.41 Å². The van der Waals surface area contributed by atoms with Gasteiger partial charge in [-0.2, -0.15) is 0 Å². The van der Waals surface area contributed by atoms with E-state index in [0.29, 0.717) is 22.2 Å². The monoisotopic (exact) mass is 357 g/mol. The van der Waals surface area contributed by atoms with Gasteiger partial charge >= 0.3 is 0 Å². The van der Waals surface area contributed by atoms with Gasteiger partial charge in [-0.3, -0.25) is 10.2 Å². The molecule has 126 valence electrons. The van der Waals surface area contributed by atoms with E-state index in [9.17, 15) is 9.18 Å². The summed E-state index contributed by atoms with van der Waals surface area (Å²) in [6.07, 6.45) is 6.44. The first-order valence-electron chi connectivity index (χ1n) is 7.72. The number of amides is 1. The molecule has 6 nitrogen and oxygen atoms in total. The molecule has 8 heteroatoms. The van der Waals surface area contributed by atoms with Crippen molar-refractivity contribution in [3.63, 3.8) is 0 Å². The summed E-state index contributed by atoms with van der Waals surface area (Å²) in [6, 6.07) is 3.38. The maximum absolute atomic E-state index is 14.4. The molecule has 1 aliphatic carbocycles. The van der Waals surface area contributed by atoms with Gasteiger partial charge in [-0.15, -0.1) is 0 Å². The number of pyridine rings is 2. The predicted molar refractivity (Wildman–Crippen MR) is 91.6 cm³/mol. The SMILES string of the molecule is N=C(NC(=O)c1c(C2CC2)cnc(Cl)c1F)c1ccnc2[nH]ccc12. The van der Waals surface area contributed by atoms with Crippen molar-refractivity contribution in [1.82, 2.24) is 20.3 Å². The Hall–Kier alpha value is -2.80. The lowest BCUT2D eigenvalue weighted by Gasteiger charge is -2.12. The van der Waals surface area contributed by atoms with Crippen molar-refractivity contribution in [3.05, 3.63) is 58.4 Å². The molecule has 1 aliphatic rings. The molecule has 25 heavy (non-hydrogen) atoms. The molecule has 3 N–H and O–H groups in total. The molecule has 0 spiro atoms. The van der Waals surface area contributed by atoms with Crippen LogP contribution in [0.1, 0.15) is 40.2 Å². The van der Waals surface area contributed by atoms with Crippen LogP contribution in [0.3, 0.4) is 0 Å². The van der Waals surface area contributed by atoms with Crippen molar-refractivity contribution in [2.24, 2.45) is 0 Å². The highest BCUT2D eigenvalue weighted by Gasteiger charge is 2.32. The number of aromatic amines is 1.